The molecule has 1 saturated carbocycles. The highest BCUT2D eigenvalue weighted by molar-refractivity contribution is 9.10. The molecule has 100 valence electrons. The van der Waals surface area contributed by atoms with Crippen LogP contribution >= 0.6 is 15.9 Å². The van der Waals surface area contributed by atoms with Crippen molar-refractivity contribution in [3.05, 3.63) is 22.9 Å². The second-order valence-corrected chi connectivity index (χ2v) is 8.06. The Labute approximate surface area is 119 Å². The van der Waals surface area contributed by atoms with Crippen LogP contribution in [-0.2, 0) is 0 Å². The van der Waals surface area contributed by atoms with Gasteiger partial charge < -0.3 is 5.32 Å². The maximum atomic E-state index is 4.21. The quantitative estimate of drug-likeness (QED) is 0.843. The summed E-state index contributed by atoms with van der Waals surface area (Å²) in [5.41, 5.74) is 1.94. The molecule has 0 aliphatic heterocycles. The van der Waals surface area contributed by atoms with Gasteiger partial charge in [-0.25, -0.2) is 0 Å². The minimum atomic E-state index is 0.416. The van der Waals surface area contributed by atoms with Crippen LogP contribution in [0.3, 0.4) is 0 Å². The van der Waals surface area contributed by atoms with Crippen molar-refractivity contribution >= 4 is 21.6 Å². The first-order valence-electron chi connectivity index (χ1n) is 6.63. The summed E-state index contributed by atoms with van der Waals surface area (Å²) >= 11 is 3.47. The van der Waals surface area contributed by atoms with Crippen molar-refractivity contribution < 1.29 is 0 Å². The van der Waals surface area contributed by atoms with Crippen LogP contribution in [0, 0.1) is 10.8 Å². The molecule has 1 fully saturated rings. The van der Waals surface area contributed by atoms with Gasteiger partial charge >= 0.3 is 0 Å². The minimum absolute atomic E-state index is 0.416. The fourth-order valence-electron chi connectivity index (χ4n) is 3.67. The average Bonchev–Trinajstić information content (AvgIpc) is 2.11. The van der Waals surface area contributed by atoms with Gasteiger partial charge in [0, 0.05) is 16.7 Å². The lowest BCUT2D eigenvalue weighted by Gasteiger charge is -2.45. The van der Waals surface area contributed by atoms with Gasteiger partial charge in [0.2, 0.25) is 0 Å². The summed E-state index contributed by atoms with van der Waals surface area (Å²) in [4.78, 5) is 4.21. The van der Waals surface area contributed by atoms with E-state index in [1.54, 1.807) is 0 Å². The van der Waals surface area contributed by atoms with Crippen LogP contribution in [0.2, 0.25) is 0 Å². The number of pyridine rings is 1. The van der Waals surface area contributed by atoms with E-state index in [4.69, 9.17) is 0 Å². The van der Waals surface area contributed by atoms with Gasteiger partial charge in [0.1, 0.15) is 0 Å². The van der Waals surface area contributed by atoms with Crippen LogP contribution in [-0.4, -0.2) is 11.0 Å². The molecule has 1 aliphatic rings. The Morgan fingerprint density at radius 3 is 2.33 bits per heavy atom. The van der Waals surface area contributed by atoms with Crippen LogP contribution in [0.15, 0.2) is 22.9 Å². The van der Waals surface area contributed by atoms with E-state index in [2.05, 4.69) is 60.0 Å². The highest BCUT2D eigenvalue weighted by Crippen LogP contribution is 2.46. The first kappa shape index (κ1) is 13.9. The van der Waals surface area contributed by atoms with Gasteiger partial charge in [0.25, 0.3) is 0 Å². The third-order valence-corrected chi connectivity index (χ3v) is 4.06. The van der Waals surface area contributed by atoms with Crippen molar-refractivity contribution in [3.8, 4) is 0 Å². The third-order valence-electron chi connectivity index (χ3n) is 3.63. The molecule has 2 nitrogen and oxygen atoms in total. The highest BCUT2D eigenvalue weighted by Gasteiger charge is 2.38. The maximum absolute atomic E-state index is 4.21. The molecule has 0 amide bonds. The Bertz CT molecular complexity index is 410. The molecule has 1 aromatic rings. The molecule has 0 unspecified atom stereocenters. The first-order chi connectivity index (χ1) is 8.26. The van der Waals surface area contributed by atoms with Crippen molar-refractivity contribution in [2.45, 2.75) is 53.0 Å². The molecule has 1 heterocycles. The molecule has 0 spiro atoms. The predicted octanol–water partition coefficient (Wildman–Crippen LogP) is 4.86. The standard InChI is InChI=1S/C15H23BrN2/c1-14(2)6-13(7-15(3,4)10-14)18-12-5-11(16)8-17-9-12/h5,8-9,13,18H,6-7,10H2,1-4H3. The number of rotatable bonds is 2. The molecule has 1 aromatic heterocycles. The molecule has 0 atom stereocenters. The van der Waals surface area contributed by atoms with Gasteiger partial charge in [0.05, 0.1) is 11.9 Å². The third kappa shape index (κ3) is 3.71. The topological polar surface area (TPSA) is 24.9 Å². The molecule has 0 radical (unpaired) electrons. The number of nitrogens with one attached hydrogen (secondary N) is 1. The lowest BCUT2D eigenvalue weighted by molar-refractivity contribution is 0.105. The van der Waals surface area contributed by atoms with Gasteiger partial charge in [-0.1, -0.05) is 27.7 Å². The maximum Gasteiger partial charge on any atom is 0.0540 e. The van der Waals surface area contributed by atoms with Crippen LogP contribution in [0.1, 0.15) is 47.0 Å². The lowest BCUT2D eigenvalue weighted by atomic mass is 9.63. The Kier molecular flexibility index (Phi) is 3.72. The number of halogens is 1. The Morgan fingerprint density at radius 2 is 1.78 bits per heavy atom. The summed E-state index contributed by atoms with van der Waals surface area (Å²) in [5, 5.41) is 3.64. The Hall–Kier alpha value is -0.570. The molecule has 2 rings (SSSR count). The highest BCUT2D eigenvalue weighted by atomic mass is 79.9. The normalized spacial score (nSPS) is 22.7. The monoisotopic (exact) mass is 310 g/mol. The number of nitrogens with zero attached hydrogens (tertiary/aromatic N) is 1. The first-order valence-corrected chi connectivity index (χ1v) is 7.42. The zero-order chi connectivity index (χ0) is 13.4. The van der Waals surface area contributed by atoms with Gasteiger partial charge in [-0.05, 0) is 52.1 Å². The van der Waals surface area contributed by atoms with E-state index in [1.807, 2.05) is 12.4 Å². The summed E-state index contributed by atoms with van der Waals surface area (Å²) < 4.78 is 1.03. The van der Waals surface area contributed by atoms with Gasteiger partial charge in [-0.3, -0.25) is 4.98 Å². The van der Waals surface area contributed by atoms with Crippen LogP contribution in [0.25, 0.3) is 0 Å². The fourth-order valence-corrected chi connectivity index (χ4v) is 4.04. The number of hydrogen-bond donors (Lipinski definition) is 1. The van der Waals surface area contributed by atoms with Crippen LogP contribution in [0.5, 0.6) is 0 Å². The molecule has 0 saturated heterocycles. The van der Waals surface area contributed by atoms with E-state index >= 15 is 0 Å². The van der Waals surface area contributed by atoms with Gasteiger partial charge in [0.15, 0.2) is 0 Å². The summed E-state index contributed by atoms with van der Waals surface area (Å²) in [5.74, 6) is 0. The molecule has 1 N–H and O–H groups in total. The van der Waals surface area contributed by atoms with Crippen molar-refractivity contribution in [2.24, 2.45) is 10.8 Å². The van der Waals surface area contributed by atoms with Crippen molar-refractivity contribution in [1.82, 2.24) is 4.98 Å². The molecule has 0 bridgehead atoms. The summed E-state index contributed by atoms with van der Waals surface area (Å²) in [7, 11) is 0. The molecule has 1 aliphatic carbocycles. The second kappa shape index (κ2) is 4.84. The van der Waals surface area contributed by atoms with E-state index in [-0.39, 0.29) is 0 Å². The zero-order valence-corrected chi connectivity index (χ0v) is 13.3. The fraction of sp³-hybridized carbons (Fsp3) is 0.667. The van der Waals surface area contributed by atoms with E-state index < -0.39 is 0 Å². The number of hydrogen-bond acceptors (Lipinski definition) is 2. The molecule has 0 aromatic carbocycles. The molecule has 18 heavy (non-hydrogen) atoms. The van der Waals surface area contributed by atoms with Crippen molar-refractivity contribution in [1.29, 1.82) is 0 Å². The SMILES string of the molecule is CC1(C)CC(Nc2cncc(Br)c2)CC(C)(C)C1. The lowest BCUT2D eigenvalue weighted by Crippen LogP contribution is -2.40. The van der Waals surface area contributed by atoms with E-state index in [1.165, 1.54) is 19.3 Å². The van der Waals surface area contributed by atoms with E-state index in [0.717, 1.165) is 10.2 Å². The second-order valence-electron chi connectivity index (χ2n) is 7.15. The van der Waals surface area contributed by atoms with Gasteiger partial charge in [-0.2, -0.15) is 0 Å². The number of aromatic nitrogens is 1. The minimum Gasteiger partial charge on any atom is -0.381 e. The number of anilines is 1. The Morgan fingerprint density at radius 1 is 1.17 bits per heavy atom. The van der Waals surface area contributed by atoms with Gasteiger partial charge in [-0.15, -0.1) is 0 Å². The molecular formula is C15H23BrN2. The summed E-state index contributed by atoms with van der Waals surface area (Å²) in [6, 6.07) is 2.64. The molecule has 3 heteroatoms. The summed E-state index contributed by atoms with van der Waals surface area (Å²) in [6.45, 7) is 9.51. The van der Waals surface area contributed by atoms with Crippen molar-refractivity contribution in [3.63, 3.8) is 0 Å². The summed E-state index contributed by atoms with van der Waals surface area (Å²) in [6.07, 6.45) is 7.47. The molecular weight excluding hydrogens is 288 g/mol. The Balaban J connectivity index is 2.09. The zero-order valence-electron chi connectivity index (χ0n) is 11.8. The average molecular weight is 311 g/mol. The van der Waals surface area contributed by atoms with E-state index in [0.29, 0.717) is 16.9 Å². The van der Waals surface area contributed by atoms with Crippen molar-refractivity contribution in [2.75, 3.05) is 5.32 Å². The van der Waals surface area contributed by atoms with Crippen LogP contribution in [0.4, 0.5) is 5.69 Å². The van der Waals surface area contributed by atoms with E-state index in [9.17, 15) is 0 Å². The van der Waals surface area contributed by atoms with Crippen LogP contribution < -0.4 is 5.32 Å². The predicted molar refractivity (Wildman–Crippen MR) is 80.8 cm³/mol. The smallest absolute Gasteiger partial charge is 0.0540 e. The largest absolute Gasteiger partial charge is 0.381 e.